The molecule has 0 radical (unpaired) electrons. The summed E-state index contributed by atoms with van der Waals surface area (Å²) in [4.78, 5) is 16.9. The fourth-order valence-corrected chi connectivity index (χ4v) is 4.33. The van der Waals surface area contributed by atoms with Crippen molar-refractivity contribution in [3.8, 4) is 0 Å². The van der Waals surface area contributed by atoms with Gasteiger partial charge in [0, 0.05) is 38.6 Å². The second kappa shape index (κ2) is 8.09. The molecule has 1 aromatic heterocycles. The van der Waals surface area contributed by atoms with Crippen molar-refractivity contribution in [2.45, 2.75) is 31.8 Å². The Kier molecular flexibility index (Phi) is 5.39. The van der Waals surface area contributed by atoms with Crippen LogP contribution in [0.25, 0.3) is 6.08 Å². The Morgan fingerprint density at radius 3 is 2.96 bits per heavy atom. The Morgan fingerprint density at radius 2 is 2.15 bits per heavy atom. The molecule has 2 aliphatic rings. The van der Waals surface area contributed by atoms with Gasteiger partial charge in [-0.15, -0.1) is 0 Å². The Labute approximate surface area is 159 Å². The van der Waals surface area contributed by atoms with E-state index in [1.54, 1.807) is 12.3 Å². The van der Waals surface area contributed by atoms with Crippen LogP contribution in [-0.4, -0.2) is 41.4 Å². The molecular weight excluding hydrogens is 343 g/mol. The van der Waals surface area contributed by atoms with Crippen molar-refractivity contribution in [3.05, 3.63) is 65.9 Å². The van der Waals surface area contributed by atoms with E-state index in [1.807, 2.05) is 29.2 Å². The van der Waals surface area contributed by atoms with Crippen molar-refractivity contribution in [2.24, 2.45) is 5.92 Å². The van der Waals surface area contributed by atoms with Crippen molar-refractivity contribution < 1.29 is 13.6 Å². The number of amides is 1. The fraction of sp³-hybridized carbons (Fsp3) is 0.409. The standard InChI is InChI=1S/C22H25FN2O2/c23-19-5-1-4-17(14-19)15-25-21-10-12-24(16-18(21)8-9-22(25)26)11-2-6-20-7-3-13-27-20/h1-7,13-14,18,21H,8-12,15-16H2/t18-,21+/m1/s1. The lowest BCUT2D eigenvalue weighted by atomic mass is 9.83. The molecule has 0 aliphatic carbocycles. The fourth-order valence-electron chi connectivity index (χ4n) is 4.33. The third kappa shape index (κ3) is 4.30. The molecule has 0 saturated carbocycles. The highest BCUT2D eigenvalue weighted by atomic mass is 19.1. The summed E-state index contributed by atoms with van der Waals surface area (Å²) in [6.07, 6.45) is 8.33. The number of fused-ring (bicyclic) bond motifs is 1. The van der Waals surface area contributed by atoms with E-state index in [1.165, 1.54) is 12.1 Å². The first-order valence-electron chi connectivity index (χ1n) is 9.65. The molecule has 0 spiro atoms. The van der Waals surface area contributed by atoms with Crippen LogP contribution < -0.4 is 0 Å². The van der Waals surface area contributed by atoms with Gasteiger partial charge in [-0.25, -0.2) is 4.39 Å². The van der Waals surface area contributed by atoms with Gasteiger partial charge < -0.3 is 9.32 Å². The number of likely N-dealkylation sites (tertiary alicyclic amines) is 2. The number of carbonyl (C=O) groups is 1. The first-order valence-corrected chi connectivity index (χ1v) is 9.65. The van der Waals surface area contributed by atoms with Crippen LogP contribution in [0.5, 0.6) is 0 Å². The third-order valence-electron chi connectivity index (χ3n) is 5.66. The molecule has 0 unspecified atom stereocenters. The highest BCUT2D eigenvalue weighted by molar-refractivity contribution is 5.77. The van der Waals surface area contributed by atoms with E-state index in [-0.39, 0.29) is 17.8 Å². The molecule has 27 heavy (non-hydrogen) atoms. The molecule has 5 heteroatoms. The predicted molar refractivity (Wildman–Crippen MR) is 102 cm³/mol. The van der Waals surface area contributed by atoms with Crippen molar-refractivity contribution >= 4 is 12.0 Å². The minimum absolute atomic E-state index is 0.201. The maximum atomic E-state index is 13.5. The number of benzene rings is 1. The van der Waals surface area contributed by atoms with E-state index in [0.29, 0.717) is 18.9 Å². The molecule has 3 heterocycles. The number of carbonyl (C=O) groups excluding carboxylic acids is 1. The summed E-state index contributed by atoms with van der Waals surface area (Å²) in [6, 6.07) is 10.7. The number of hydrogen-bond acceptors (Lipinski definition) is 3. The predicted octanol–water partition coefficient (Wildman–Crippen LogP) is 3.95. The summed E-state index contributed by atoms with van der Waals surface area (Å²) in [7, 11) is 0. The van der Waals surface area contributed by atoms with Crippen LogP contribution in [0.3, 0.4) is 0 Å². The van der Waals surface area contributed by atoms with E-state index < -0.39 is 0 Å². The van der Waals surface area contributed by atoms with Gasteiger partial charge in [0.15, 0.2) is 0 Å². The van der Waals surface area contributed by atoms with Crippen LogP contribution in [0.1, 0.15) is 30.6 Å². The molecule has 2 aromatic rings. The highest BCUT2D eigenvalue weighted by Gasteiger charge is 2.38. The van der Waals surface area contributed by atoms with Gasteiger partial charge in [0.2, 0.25) is 5.91 Å². The molecule has 0 bridgehead atoms. The van der Waals surface area contributed by atoms with Crippen LogP contribution in [0, 0.1) is 11.7 Å². The SMILES string of the molecule is O=C1CC[C@@H]2CN(CC=Cc3ccco3)CC[C@@H]2N1Cc1cccc(F)c1. The van der Waals surface area contributed by atoms with Crippen molar-refractivity contribution in [1.82, 2.24) is 9.80 Å². The maximum Gasteiger partial charge on any atom is 0.223 e. The summed E-state index contributed by atoms with van der Waals surface area (Å²) < 4.78 is 18.8. The zero-order chi connectivity index (χ0) is 18.6. The first kappa shape index (κ1) is 18.0. The molecular formula is C22H25FN2O2. The second-order valence-electron chi connectivity index (χ2n) is 7.48. The van der Waals surface area contributed by atoms with Crippen molar-refractivity contribution in [2.75, 3.05) is 19.6 Å². The Hall–Kier alpha value is -2.40. The van der Waals surface area contributed by atoms with Gasteiger partial charge in [-0.2, -0.15) is 0 Å². The van der Waals surface area contributed by atoms with Crippen LogP contribution in [-0.2, 0) is 11.3 Å². The maximum absolute atomic E-state index is 13.5. The molecule has 2 aliphatic heterocycles. The zero-order valence-corrected chi connectivity index (χ0v) is 15.4. The van der Waals surface area contributed by atoms with Gasteiger partial charge in [0.25, 0.3) is 0 Å². The summed E-state index contributed by atoms with van der Waals surface area (Å²) in [6.45, 7) is 3.37. The summed E-state index contributed by atoms with van der Waals surface area (Å²) >= 11 is 0. The highest BCUT2D eigenvalue weighted by Crippen LogP contribution is 2.32. The van der Waals surface area contributed by atoms with E-state index in [2.05, 4.69) is 11.0 Å². The number of hydrogen-bond donors (Lipinski definition) is 0. The molecule has 0 N–H and O–H groups in total. The Bertz CT molecular complexity index is 802. The topological polar surface area (TPSA) is 36.7 Å². The van der Waals surface area contributed by atoms with Gasteiger partial charge in [0.1, 0.15) is 11.6 Å². The van der Waals surface area contributed by atoms with Gasteiger partial charge >= 0.3 is 0 Å². The number of halogens is 1. The molecule has 1 amide bonds. The van der Waals surface area contributed by atoms with E-state index in [0.717, 1.165) is 43.8 Å². The second-order valence-corrected chi connectivity index (χ2v) is 7.48. The number of nitrogens with zero attached hydrogens (tertiary/aromatic N) is 2. The van der Waals surface area contributed by atoms with E-state index >= 15 is 0 Å². The van der Waals surface area contributed by atoms with Gasteiger partial charge in [0.05, 0.1) is 6.26 Å². The van der Waals surface area contributed by atoms with Crippen LogP contribution in [0.2, 0.25) is 0 Å². The van der Waals surface area contributed by atoms with Crippen LogP contribution in [0.4, 0.5) is 4.39 Å². The third-order valence-corrected chi connectivity index (χ3v) is 5.66. The smallest absolute Gasteiger partial charge is 0.223 e. The summed E-state index contributed by atoms with van der Waals surface area (Å²) in [5.74, 6) is 1.31. The van der Waals surface area contributed by atoms with E-state index in [4.69, 9.17) is 4.42 Å². The number of rotatable bonds is 5. The van der Waals surface area contributed by atoms with E-state index in [9.17, 15) is 9.18 Å². The van der Waals surface area contributed by atoms with Gasteiger partial charge in [-0.1, -0.05) is 18.2 Å². The van der Waals surface area contributed by atoms with Crippen molar-refractivity contribution in [1.29, 1.82) is 0 Å². The van der Waals surface area contributed by atoms with Gasteiger partial charge in [-0.05, 0) is 54.7 Å². The Morgan fingerprint density at radius 1 is 1.22 bits per heavy atom. The number of piperidine rings is 2. The normalized spacial score (nSPS) is 23.7. The molecule has 142 valence electrons. The molecule has 4 rings (SSSR count). The molecule has 2 fully saturated rings. The lowest BCUT2D eigenvalue weighted by Gasteiger charge is -2.47. The molecule has 2 saturated heterocycles. The average molecular weight is 368 g/mol. The van der Waals surface area contributed by atoms with Crippen LogP contribution in [0.15, 0.2) is 53.2 Å². The first-order chi connectivity index (χ1) is 13.2. The minimum Gasteiger partial charge on any atom is -0.465 e. The van der Waals surface area contributed by atoms with Crippen LogP contribution >= 0.6 is 0 Å². The average Bonchev–Trinajstić information content (AvgIpc) is 3.18. The molecule has 2 atom stereocenters. The largest absolute Gasteiger partial charge is 0.465 e. The zero-order valence-electron chi connectivity index (χ0n) is 15.4. The lowest BCUT2D eigenvalue weighted by molar-refractivity contribution is -0.141. The quantitative estimate of drug-likeness (QED) is 0.802. The van der Waals surface area contributed by atoms with Gasteiger partial charge in [-0.3, -0.25) is 9.69 Å². The number of furan rings is 1. The monoisotopic (exact) mass is 368 g/mol. The molecule has 4 nitrogen and oxygen atoms in total. The summed E-state index contributed by atoms with van der Waals surface area (Å²) in [5.41, 5.74) is 0.868. The minimum atomic E-state index is -0.244. The molecule has 1 aromatic carbocycles. The Balaban J connectivity index is 1.37. The lowest BCUT2D eigenvalue weighted by Crippen LogP contribution is -2.55. The summed E-state index contributed by atoms with van der Waals surface area (Å²) in [5, 5.41) is 0. The van der Waals surface area contributed by atoms with Crippen molar-refractivity contribution in [3.63, 3.8) is 0 Å².